The van der Waals surface area contributed by atoms with Gasteiger partial charge in [0.05, 0.1) is 18.1 Å². The van der Waals surface area contributed by atoms with E-state index in [-0.39, 0.29) is 11.0 Å². The van der Waals surface area contributed by atoms with Gasteiger partial charge in [-0.05, 0) is 112 Å². The number of rotatable bonds is 7. The second kappa shape index (κ2) is 11.2. The zero-order chi connectivity index (χ0) is 23.4. The minimum Gasteiger partial charge on any atom is -0.487 e. The van der Waals surface area contributed by atoms with E-state index in [4.69, 9.17) is 21.1 Å². The summed E-state index contributed by atoms with van der Waals surface area (Å²) in [6.07, 6.45) is 1.33. The van der Waals surface area contributed by atoms with Crippen LogP contribution in [0.4, 0.5) is 4.79 Å². The molecule has 0 aromatic heterocycles. The van der Waals surface area contributed by atoms with Crippen LogP contribution in [0.1, 0.15) is 25.0 Å². The fourth-order valence-electron chi connectivity index (χ4n) is 2.75. The lowest BCUT2D eigenvalue weighted by Crippen LogP contribution is -2.35. The first-order valence-corrected chi connectivity index (χ1v) is 12.8. The van der Waals surface area contributed by atoms with Crippen molar-refractivity contribution in [1.29, 1.82) is 0 Å². The lowest BCUT2D eigenvalue weighted by molar-refractivity contribution is -0.149. The van der Waals surface area contributed by atoms with Crippen molar-refractivity contribution >= 4 is 91.7 Å². The van der Waals surface area contributed by atoms with Crippen LogP contribution in [0, 0.1) is 7.14 Å². The number of benzene rings is 2. The Labute approximate surface area is 222 Å². The van der Waals surface area contributed by atoms with Gasteiger partial charge in [0.25, 0.3) is 11.1 Å². The lowest BCUT2D eigenvalue weighted by Gasteiger charge is -2.13. The van der Waals surface area contributed by atoms with Crippen molar-refractivity contribution in [3.8, 4) is 5.75 Å². The number of imide groups is 1. The summed E-state index contributed by atoms with van der Waals surface area (Å²) in [7, 11) is 0. The van der Waals surface area contributed by atoms with E-state index in [1.54, 1.807) is 19.9 Å². The van der Waals surface area contributed by atoms with Gasteiger partial charge in [0, 0.05) is 5.02 Å². The molecule has 0 saturated carbocycles. The largest absolute Gasteiger partial charge is 0.487 e. The Morgan fingerprint density at radius 2 is 1.78 bits per heavy atom. The lowest BCUT2D eigenvalue weighted by atomic mass is 10.2. The van der Waals surface area contributed by atoms with Gasteiger partial charge in [0.15, 0.2) is 0 Å². The molecule has 0 unspecified atom stereocenters. The second-order valence-electron chi connectivity index (χ2n) is 7.04. The number of esters is 1. The average molecular weight is 698 g/mol. The fourth-order valence-corrected chi connectivity index (χ4v) is 5.85. The van der Waals surface area contributed by atoms with Crippen LogP contribution >= 0.6 is 68.5 Å². The van der Waals surface area contributed by atoms with Crippen LogP contribution in [0.25, 0.3) is 6.08 Å². The number of amides is 2. The molecular formula is C22H18ClI2NO5S. The number of hydrogen-bond acceptors (Lipinski definition) is 6. The molecule has 0 atom stereocenters. The van der Waals surface area contributed by atoms with Gasteiger partial charge in [-0.15, -0.1) is 0 Å². The highest BCUT2D eigenvalue weighted by atomic mass is 127. The molecule has 0 N–H and O–H groups in total. The summed E-state index contributed by atoms with van der Waals surface area (Å²) in [5.41, 5.74) is 1.75. The van der Waals surface area contributed by atoms with Crippen molar-refractivity contribution in [3.63, 3.8) is 0 Å². The topological polar surface area (TPSA) is 72.9 Å². The number of nitrogens with zero attached hydrogens (tertiary/aromatic N) is 1. The maximum atomic E-state index is 12.6. The van der Waals surface area contributed by atoms with Crippen LogP contribution in [-0.4, -0.2) is 34.7 Å². The third-order valence-electron chi connectivity index (χ3n) is 4.14. The quantitative estimate of drug-likeness (QED) is 0.198. The molecule has 6 nitrogen and oxygen atoms in total. The number of carbonyl (C=O) groups is 3. The fraction of sp³-hybridized carbons (Fsp3) is 0.227. The summed E-state index contributed by atoms with van der Waals surface area (Å²) in [4.78, 5) is 37.9. The van der Waals surface area contributed by atoms with Crippen LogP contribution < -0.4 is 4.74 Å². The van der Waals surface area contributed by atoms with Gasteiger partial charge in [-0.2, -0.15) is 0 Å². The van der Waals surface area contributed by atoms with Gasteiger partial charge >= 0.3 is 5.97 Å². The molecule has 0 spiro atoms. The third kappa shape index (κ3) is 6.61. The number of ether oxygens (including phenoxy) is 2. The van der Waals surface area contributed by atoms with Crippen LogP contribution in [0.2, 0.25) is 5.02 Å². The predicted molar refractivity (Wildman–Crippen MR) is 142 cm³/mol. The Bertz CT molecular complexity index is 1070. The van der Waals surface area contributed by atoms with E-state index >= 15 is 0 Å². The van der Waals surface area contributed by atoms with Gasteiger partial charge in [0.2, 0.25) is 0 Å². The molecule has 0 radical (unpaired) electrons. The summed E-state index contributed by atoms with van der Waals surface area (Å²) < 4.78 is 12.8. The summed E-state index contributed by atoms with van der Waals surface area (Å²) >= 11 is 11.1. The normalized spacial score (nSPS) is 15.1. The molecule has 1 heterocycles. The Hall–Kier alpha value is -1.31. The summed E-state index contributed by atoms with van der Waals surface area (Å²) in [5, 5.41) is 0.178. The van der Waals surface area contributed by atoms with Crippen molar-refractivity contribution in [2.24, 2.45) is 0 Å². The molecule has 1 fully saturated rings. The minimum atomic E-state index is -0.616. The first-order chi connectivity index (χ1) is 15.1. The monoisotopic (exact) mass is 697 g/mol. The zero-order valence-electron chi connectivity index (χ0n) is 17.1. The van der Waals surface area contributed by atoms with Crippen LogP contribution in [-0.2, 0) is 20.9 Å². The van der Waals surface area contributed by atoms with Gasteiger partial charge in [-0.25, -0.2) is 0 Å². The molecule has 168 valence electrons. The van der Waals surface area contributed by atoms with E-state index < -0.39 is 23.7 Å². The van der Waals surface area contributed by atoms with Crippen molar-refractivity contribution in [3.05, 3.63) is 64.6 Å². The maximum absolute atomic E-state index is 12.6. The Morgan fingerprint density at radius 1 is 1.16 bits per heavy atom. The van der Waals surface area contributed by atoms with E-state index in [2.05, 4.69) is 45.2 Å². The minimum absolute atomic E-state index is 0.258. The Balaban J connectivity index is 1.73. The smallest absolute Gasteiger partial charge is 0.326 e. The standard InChI is InChI=1S/C22H18ClI2NO5S/c1-12(2)31-19(27)10-26-21(28)18(32-22(26)29)9-14-7-16(24)20(17(25)8-14)30-11-13-3-5-15(23)6-4-13/h3-9,12H,10-11H2,1-2H3/b18-9+. The molecule has 0 bridgehead atoms. The van der Waals surface area contributed by atoms with Crippen LogP contribution in [0.15, 0.2) is 41.3 Å². The molecule has 2 aromatic rings. The Kier molecular flexibility index (Phi) is 8.87. The molecule has 32 heavy (non-hydrogen) atoms. The molecule has 2 amide bonds. The molecular weight excluding hydrogens is 680 g/mol. The molecule has 1 aliphatic heterocycles. The predicted octanol–water partition coefficient (Wildman–Crippen LogP) is 6.12. The highest BCUT2D eigenvalue weighted by molar-refractivity contribution is 14.1. The van der Waals surface area contributed by atoms with Gasteiger partial charge < -0.3 is 9.47 Å². The van der Waals surface area contributed by atoms with Crippen molar-refractivity contribution in [2.75, 3.05) is 6.54 Å². The van der Waals surface area contributed by atoms with Gasteiger partial charge in [-0.1, -0.05) is 23.7 Å². The Morgan fingerprint density at radius 3 is 2.38 bits per heavy atom. The van der Waals surface area contributed by atoms with Crippen LogP contribution in [0.3, 0.4) is 0 Å². The van der Waals surface area contributed by atoms with E-state index in [0.29, 0.717) is 11.6 Å². The van der Waals surface area contributed by atoms with E-state index in [0.717, 1.165) is 40.7 Å². The van der Waals surface area contributed by atoms with Gasteiger partial charge in [0.1, 0.15) is 18.9 Å². The van der Waals surface area contributed by atoms with E-state index in [1.807, 2.05) is 36.4 Å². The third-order valence-corrected chi connectivity index (χ3v) is 6.90. The first-order valence-electron chi connectivity index (χ1n) is 9.45. The molecule has 3 rings (SSSR count). The van der Waals surface area contributed by atoms with Crippen LogP contribution in [0.5, 0.6) is 5.75 Å². The molecule has 1 aliphatic rings. The average Bonchev–Trinajstić information content (AvgIpc) is 2.95. The van der Waals surface area contributed by atoms with Crippen molar-refractivity contribution in [1.82, 2.24) is 4.90 Å². The first kappa shape index (κ1) is 25.3. The maximum Gasteiger partial charge on any atom is 0.326 e. The number of hydrogen-bond donors (Lipinski definition) is 0. The SMILES string of the molecule is CC(C)OC(=O)CN1C(=O)S/C(=C/c2cc(I)c(OCc3ccc(Cl)cc3)c(I)c2)C1=O. The highest BCUT2D eigenvalue weighted by Crippen LogP contribution is 2.35. The number of carbonyl (C=O) groups excluding carboxylic acids is 3. The van der Waals surface area contributed by atoms with Crippen molar-refractivity contribution in [2.45, 2.75) is 26.6 Å². The number of thioether (sulfide) groups is 1. The molecule has 2 aromatic carbocycles. The molecule has 10 heteroatoms. The second-order valence-corrected chi connectivity index (χ2v) is 10.8. The summed E-state index contributed by atoms with van der Waals surface area (Å²) in [6.45, 7) is 3.41. The van der Waals surface area contributed by atoms with Gasteiger partial charge in [-0.3, -0.25) is 19.3 Å². The number of halogens is 3. The van der Waals surface area contributed by atoms with E-state index in [1.165, 1.54) is 0 Å². The summed E-state index contributed by atoms with van der Waals surface area (Å²) in [6, 6.07) is 11.2. The summed E-state index contributed by atoms with van der Waals surface area (Å²) in [5.74, 6) is -0.383. The molecule has 0 aliphatic carbocycles. The van der Waals surface area contributed by atoms with Crippen molar-refractivity contribution < 1.29 is 23.9 Å². The highest BCUT2D eigenvalue weighted by Gasteiger charge is 2.36. The van der Waals surface area contributed by atoms with E-state index in [9.17, 15) is 14.4 Å². The molecule has 1 saturated heterocycles. The zero-order valence-corrected chi connectivity index (χ0v) is 23.0.